The van der Waals surface area contributed by atoms with Crippen LogP contribution >= 0.6 is 34.7 Å². The van der Waals surface area contributed by atoms with Crippen molar-refractivity contribution in [2.45, 2.75) is 17.2 Å². The molecule has 0 bridgehead atoms. The lowest BCUT2D eigenvalue weighted by Crippen LogP contribution is -2.26. The van der Waals surface area contributed by atoms with Gasteiger partial charge < -0.3 is 0 Å². The Morgan fingerprint density at radius 1 is 1.06 bits per heavy atom. The fourth-order valence-electron chi connectivity index (χ4n) is 3.31. The fraction of sp³-hybridized carbons (Fsp3) is 0.174. The van der Waals surface area contributed by atoms with Crippen molar-refractivity contribution in [3.8, 4) is 0 Å². The van der Waals surface area contributed by atoms with E-state index in [0.717, 1.165) is 16.9 Å². The van der Waals surface area contributed by atoms with E-state index in [9.17, 15) is 17.6 Å². The molecule has 1 heterocycles. The first-order chi connectivity index (χ1) is 15.8. The number of halogens is 2. The monoisotopic (exact) mass is 522 g/mol. The van der Waals surface area contributed by atoms with Gasteiger partial charge in [0.05, 0.1) is 21.7 Å². The maximum absolute atomic E-state index is 13.8. The first-order valence-corrected chi connectivity index (χ1v) is 13.9. The van der Waals surface area contributed by atoms with E-state index in [1.54, 1.807) is 22.8 Å². The van der Waals surface area contributed by atoms with Gasteiger partial charge in [-0.1, -0.05) is 59.3 Å². The van der Waals surface area contributed by atoms with E-state index in [2.05, 4.69) is 4.72 Å². The number of aromatic nitrogens is 1. The predicted octanol–water partition coefficient (Wildman–Crippen LogP) is 5.12. The van der Waals surface area contributed by atoms with Crippen LogP contribution in [0.2, 0.25) is 5.02 Å². The van der Waals surface area contributed by atoms with Crippen molar-refractivity contribution in [3.05, 3.63) is 98.4 Å². The van der Waals surface area contributed by atoms with E-state index in [-0.39, 0.29) is 22.1 Å². The van der Waals surface area contributed by atoms with Gasteiger partial charge in [-0.15, -0.1) is 0 Å². The summed E-state index contributed by atoms with van der Waals surface area (Å²) in [6.07, 6.45) is 0. The number of thiazole rings is 1. The lowest BCUT2D eigenvalue weighted by Gasteiger charge is -2.09. The second-order valence-electron chi connectivity index (χ2n) is 7.22. The van der Waals surface area contributed by atoms with Crippen molar-refractivity contribution in [1.82, 2.24) is 9.29 Å². The molecule has 33 heavy (non-hydrogen) atoms. The normalized spacial score (nSPS) is 11.8. The summed E-state index contributed by atoms with van der Waals surface area (Å²) in [5, 5.41) is 0.356. The van der Waals surface area contributed by atoms with Crippen LogP contribution in [0.25, 0.3) is 10.2 Å². The number of hydrogen-bond acceptors (Lipinski definition) is 5. The maximum atomic E-state index is 13.8. The lowest BCUT2D eigenvalue weighted by atomic mass is 10.2. The van der Waals surface area contributed by atoms with Gasteiger partial charge in [0.15, 0.2) is 0 Å². The predicted molar refractivity (Wildman–Crippen MR) is 134 cm³/mol. The van der Waals surface area contributed by atoms with E-state index < -0.39 is 10.0 Å². The van der Waals surface area contributed by atoms with Crippen molar-refractivity contribution in [3.63, 3.8) is 0 Å². The second-order valence-corrected chi connectivity index (χ2v) is 11.5. The van der Waals surface area contributed by atoms with Gasteiger partial charge in [0.2, 0.25) is 10.0 Å². The molecule has 0 unspecified atom stereocenters. The van der Waals surface area contributed by atoms with Gasteiger partial charge in [-0.05, 0) is 35.9 Å². The van der Waals surface area contributed by atoms with E-state index in [1.807, 2.05) is 30.3 Å². The molecule has 172 valence electrons. The first-order valence-electron chi connectivity index (χ1n) is 10.0. The van der Waals surface area contributed by atoms with Crippen molar-refractivity contribution in [2.24, 2.45) is 0 Å². The molecule has 0 saturated carbocycles. The first kappa shape index (κ1) is 24.0. The number of hydrogen-bond donors (Lipinski definition) is 1. The zero-order chi connectivity index (χ0) is 23.4. The molecule has 0 aliphatic heterocycles. The largest absolute Gasteiger partial charge is 0.308 e. The lowest BCUT2D eigenvalue weighted by molar-refractivity contribution is 0.584. The molecule has 0 saturated heterocycles. The Hall–Kier alpha value is -2.17. The molecular formula is C23H20ClFN2O3S3. The van der Waals surface area contributed by atoms with Crippen molar-refractivity contribution in [2.75, 3.05) is 12.3 Å². The Balaban J connectivity index is 1.41. The third kappa shape index (κ3) is 5.67. The van der Waals surface area contributed by atoms with Crippen LogP contribution in [-0.2, 0) is 22.3 Å². The summed E-state index contributed by atoms with van der Waals surface area (Å²) < 4.78 is 44.1. The van der Waals surface area contributed by atoms with Crippen LogP contribution in [0, 0.1) is 5.82 Å². The second kappa shape index (κ2) is 10.4. The van der Waals surface area contributed by atoms with Crippen molar-refractivity contribution in [1.29, 1.82) is 0 Å². The van der Waals surface area contributed by atoms with Crippen molar-refractivity contribution >= 4 is 54.9 Å². The number of nitrogens with zero attached hydrogens (tertiary/aromatic N) is 1. The summed E-state index contributed by atoms with van der Waals surface area (Å²) in [6.45, 7) is 0.607. The van der Waals surface area contributed by atoms with Crippen LogP contribution in [-0.4, -0.2) is 25.3 Å². The number of nitrogens with one attached hydrogen (secondary N) is 1. The molecule has 0 aliphatic carbocycles. The van der Waals surface area contributed by atoms with Crippen LogP contribution in [0.5, 0.6) is 0 Å². The average molecular weight is 523 g/mol. The minimum atomic E-state index is -3.74. The van der Waals surface area contributed by atoms with Crippen LogP contribution in [0.4, 0.5) is 4.39 Å². The highest BCUT2D eigenvalue weighted by Gasteiger charge is 2.17. The summed E-state index contributed by atoms with van der Waals surface area (Å²) in [5.41, 5.74) is 2.10. The molecule has 10 heteroatoms. The van der Waals surface area contributed by atoms with Gasteiger partial charge in [-0.25, -0.2) is 17.5 Å². The standard InChI is InChI=1S/C23H20ClFN2O3S3/c24-19-7-4-8-20(25)18(19)15-31-12-11-26-33(29,30)17-9-10-21-22(13-17)32-23(28)27(21)14-16-5-2-1-3-6-16/h1-10,13,26H,11-12,14-15H2. The summed E-state index contributed by atoms with van der Waals surface area (Å²) in [7, 11) is -3.74. The average Bonchev–Trinajstić information content (AvgIpc) is 3.10. The van der Waals surface area contributed by atoms with Gasteiger partial charge in [0, 0.05) is 28.6 Å². The Morgan fingerprint density at radius 2 is 1.85 bits per heavy atom. The molecule has 5 nitrogen and oxygen atoms in total. The van der Waals surface area contributed by atoms with Gasteiger partial charge in [0.25, 0.3) is 0 Å². The number of sulfonamides is 1. The van der Waals surface area contributed by atoms with Gasteiger partial charge >= 0.3 is 4.87 Å². The molecule has 4 aromatic rings. The fourth-order valence-corrected chi connectivity index (χ4v) is 6.69. The zero-order valence-electron chi connectivity index (χ0n) is 17.3. The SMILES string of the molecule is O=c1sc2cc(S(=O)(=O)NCCSCc3c(F)cccc3Cl)ccc2n1Cc1ccccc1. The molecule has 0 atom stereocenters. The minimum Gasteiger partial charge on any atom is -0.294 e. The van der Waals surface area contributed by atoms with E-state index in [0.29, 0.717) is 38.9 Å². The number of rotatable bonds is 9. The highest BCUT2D eigenvalue weighted by molar-refractivity contribution is 7.98. The number of benzene rings is 3. The Morgan fingerprint density at radius 3 is 2.61 bits per heavy atom. The minimum absolute atomic E-state index is 0.102. The molecule has 1 N–H and O–H groups in total. The quantitative estimate of drug-likeness (QED) is 0.310. The molecule has 0 radical (unpaired) electrons. The summed E-state index contributed by atoms with van der Waals surface area (Å²) >= 11 is 8.42. The summed E-state index contributed by atoms with van der Waals surface area (Å²) in [5.74, 6) is 0.428. The van der Waals surface area contributed by atoms with Crippen LogP contribution in [0.15, 0.2) is 76.4 Å². The molecule has 0 spiro atoms. The van der Waals surface area contributed by atoms with E-state index >= 15 is 0 Å². The van der Waals surface area contributed by atoms with Gasteiger partial charge in [-0.2, -0.15) is 11.8 Å². The molecule has 0 aliphatic rings. The number of fused-ring (bicyclic) bond motifs is 1. The van der Waals surface area contributed by atoms with Gasteiger partial charge in [-0.3, -0.25) is 9.36 Å². The Bertz CT molecular complexity index is 1420. The van der Waals surface area contributed by atoms with Crippen LogP contribution in [0.3, 0.4) is 0 Å². The highest BCUT2D eigenvalue weighted by atomic mass is 35.5. The zero-order valence-corrected chi connectivity index (χ0v) is 20.5. The smallest absolute Gasteiger partial charge is 0.294 e. The molecule has 0 amide bonds. The van der Waals surface area contributed by atoms with Gasteiger partial charge in [0.1, 0.15) is 5.82 Å². The Kier molecular flexibility index (Phi) is 7.55. The molecule has 1 aromatic heterocycles. The third-order valence-electron chi connectivity index (χ3n) is 4.98. The molecule has 0 fully saturated rings. The van der Waals surface area contributed by atoms with Crippen LogP contribution < -0.4 is 9.60 Å². The number of thioether (sulfide) groups is 1. The Labute approximate surface area is 204 Å². The van der Waals surface area contributed by atoms with E-state index in [1.165, 1.54) is 30.0 Å². The summed E-state index contributed by atoms with van der Waals surface area (Å²) in [4.78, 5) is 12.5. The molecule has 3 aromatic carbocycles. The maximum Gasteiger partial charge on any atom is 0.308 e. The van der Waals surface area contributed by atoms with Crippen LogP contribution in [0.1, 0.15) is 11.1 Å². The molecule has 4 rings (SSSR count). The summed E-state index contributed by atoms with van der Waals surface area (Å²) in [6, 6.07) is 18.8. The third-order valence-corrected chi connectivity index (χ3v) is 8.72. The van der Waals surface area contributed by atoms with Crippen molar-refractivity contribution < 1.29 is 12.8 Å². The molecular weight excluding hydrogens is 503 g/mol. The van der Waals surface area contributed by atoms with E-state index in [4.69, 9.17) is 11.6 Å². The topological polar surface area (TPSA) is 68.2 Å². The highest BCUT2D eigenvalue weighted by Crippen LogP contribution is 2.24.